The third kappa shape index (κ3) is 1.39. The molecule has 7 heteroatoms. The highest BCUT2D eigenvalue weighted by molar-refractivity contribution is 8.21. The Kier molecular flexibility index (Phi) is 2.35. The summed E-state index contributed by atoms with van der Waals surface area (Å²) in [7, 11) is 7.48. The van der Waals surface area contributed by atoms with E-state index in [1.54, 1.807) is 0 Å². The summed E-state index contributed by atoms with van der Waals surface area (Å²) in [5, 5.41) is 0. The van der Waals surface area contributed by atoms with Crippen molar-refractivity contribution in [3.63, 3.8) is 0 Å². The van der Waals surface area contributed by atoms with Gasteiger partial charge in [0, 0.05) is 18.1 Å². The number of halogens is 3. The van der Waals surface area contributed by atoms with Crippen LogP contribution in [0.25, 0.3) is 0 Å². The van der Waals surface area contributed by atoms with Gasteiger partial charge >= 0.3 is 11.8 Å². The molecule has 80 valence electrons. The van der Waals surface area contributed by atoms with E-state index in [4.69, 9.17) is 10.7 Å². The van der Waals surface area contributed by atoms with Crippen LogP contribution >= 0.6 is 21.7 Å². The van der Waals surface area contributed by atoms with Crippen molar-refractivity contribution in [2.24, 2.45) is 0 Å². The fourth-order valence-electron chi connectivity index (χ4n) is 1.40. The lowest BCUT2D eigenvalue weighted by atomic mass is 10.2. The van der Waals surface area contributed by atoms with Gasteiger partial charge in [-0.1, -0.05) is 0 Å². The highest BCUT2D eigenvalue weighted by Crippen LogP contribution is 2.43. The molecule has 0 aliphatic carbocycles. The number of alkyl halides is 2. The predicted octanol–water partition coefficient (Wildman–Crippen LogP) is 2.40. The molecular weight excluding hydrogens is 246 g/mol. The molecule has 0 bridgehead atoms. The Labute approximate surface area is 92.9 Å². The molecule has 1 aliphatic heterocycles. The first-order valence-electron chi connectivity index (χ1n) is 3.93. The Morgan fingerprint density at radius 1 is 1.60 bits per heavy atom. The van der Waals surface area contributed by atoms with Crippen molar-refractivity contribution in [3.8, 4) is 0 Å². The Balaban J connectivity index is 2.62. The minimum absolute atomic E-state index is 0.0144. The Morgan fingerprint density at radius 2 is 2.27 bits per heavy atom. The molecule has 0 N–H and O–H groups in total. The summed E-state index contributed by atoms with van der Waals surface area (Å²) in [5.41, 5.74) is -0.388. The summed E-state index contributed by atoms with van der Waals surface area (Å²) in [5.74, 6) is -4.78. The summed E-state index contributed by atoms with van der Waals surface area (Å²) >= 11 is 0. The molecule has 2 rings (SSSR count). The van der Waals surface area contributed by atoms with Gasteiger partial charge in [-0.25, -0.2) is 4.98 Å². The number of hydrogen-bond acceptors (Lipinski definition) is 3. The van der Waals surface area contributed by atoms with Crippen LogP contribution in [-0.4, -0.2) is 17.9 Å². The maximum atomic E-state index is 13.4. The second-order valence-electron chi connectivity index (χ2n) is 3.06. The van der Waals surface area contributed by atoms with E-state index >= 15 is 0 Å². The van der Waals surface area contributed by atoms with Crippen molar-refractivity contribution in [3.05, 3.63) is 17.8 Å². The molecule has 1 aromatic rings. The van der Waals surface area contributed by atoms with Crippen LogP contribution in [0.5, 0.6) is 0 Å². The summed E-state index contributed by atoms with van der Waals surface area (Å²) in [6.07, 6.45) is 1.35. The molecule has 0 radical (unpaired) electrons. The SMILES string of the molecule is CN1C(=O)C(F)(F)c2cc(SCl)cnc21. The van der Waals surface area contributed by atoms with Crippen LogP contribution in [0.3, 0.4) is 0 Å². The van der Waals surface area contributed by atoms with Gasteiger partial charge in [-0.2, -0.15) is 8.78 Å². The molecule has 0 saturated carbocycles. The number of aromatic nitrogens is 1. The number of rotatable bonds is 1. The second kappa shape index (κ2) is 3.31. The lowest BCUT2D eigenvalue weighted by molar-refractivity contribution is -0.141. The first kappa shape index (κ1) is 10.6. The topological polar surface area (TPSA) is 33.2 Å². The largest absolute Gasteiger partial charge is 0.353 e. The van der Waals surface area contributed by atoms with Crippen molar-refractivity contribution >= 4 is 33.4 Å². The number of pyridine rings is 1. The minimum atomic E-state index is -3.50. The smallest absolute Gasteiger partial charge is 0.294 e. The van der Waals surface area contributed by atoms with Gasteiger partial charge in [0.2, 0.25) is 0 Å². The number of likely N-dealkylation sites (N-methyl/N-ethyl adjacent to an activating group) is 1. The van der Waals surface area contributed by atoms with E-state index in [-0.39, 0.29) is 11.4 Å². The number of nitrogens with zero attached hydrogens (tertiary/aromatic N) is 2. The molecule has 1 aromatic heterocycles. The van der Waals surface area contributed by atoms with Crippen LogP contribution in [0.4, 0.5) is 14.6 Å². The molecule has 1 amide bonds. The Bertz CT molecular complexity index is 441. The van der Waals surface area contributed by atoms with Crippen LogP contribution < -0.4 is 4.90 Å². The van der Waals surface area contributed by atoms with Gasteiger partial charge in [-0.05, 0) is 27.7 Å². The van der Waals surface area contributed by atoms with E-state index in [0.29, 0.717) is 4.90 Å². The first-order chi connectivity index (χ1) is 6.98. The van der Waals surface area contributed by atoms with E-state index in [1.165, 1.54) is 19.3 Å². The van der Waals surface area contributed by atoms with Gasteiger partial charge in [0.25, 0.3) is 0 Å². The van der Waals surface area contributed by atoms with Gasteiger partial charge in [0.1, 0.15) is 5.82 Å². The number of hydrogen-bond donors (Lipinski definition) is 0. The van der Waals surface area contributed by atoms with Crippen LogP contribution in [0, 0.1) is 0 Å². The molecule has 15 heavy (non-hydrogen) atoms. The predicted molar refractivity (Wildman–Crippen MR) is 53.3 cm³/mol. The van der Waals surface area contributed by atoms with E-state index in [1.807, 2.05) is 0 Å². The Hall–Kier alpha value is -0.880. The number of fused-ring (bicyclic) bond motifs is 1. The summed E-state index contributed by atoms with van der Waals surface area (Å²) < 4.78 is 26.8. The lowest BCUT2D eigenvalue weighted by Gasteiger charge is -2.08. The van der Waals surface area contributed by atoms with Gasteiger partial charge in [-0.3, -0.25) is 9.69 Å². The van der Waals surface area contributed by atoms with Gasteiger partial charge in [-0.15, -0.1) is 0 Å². The second-order valence-corrected chi connectivity index (χ2v) is 4.15. The van der Waals surface area contributed by atoms with Crippen molar-refractivity contribution < 1.29 is 13.6 Å². The van der Waals surface area contributed by atoms with E-state index < -0.39 is 11.8 Å². The third-order valence-electron chi connectivity index (χ3n) is 2.16. The molecule has 0 unspecified atom stereocenters. The standard InChI is InChI=1S/C8H5ClF2N2OS/c1-13-6-5(8(10,11)7(13)14)2-4(15-9)3-12-6/h2-3H,1H3. The summed E-state index contributed by atoms with van der Waals surface area (Å²) in [6, 6.07) is 1.18. The molecule has 0 aromatic carbocycles. The number of amides is 1. The highest BCUT2D eigenvalue weighted by atomic mass is 35.7. The van der Waals surface area contributed by atoms with Crippen LogP contribution in [0.2, 0.25) is 0 Å². The number of carbonyl (C=O) groups is 1. The monoisotopic (exact) mass is 250 g/mol. The maximum absolute atomic E-state index is 13.4. The zero-order valence-corrected chi connectivity index (χ0v) is 9.07. The first-order valence-corrected chi connectivity index (χ1v) is 5.58. The summed E-state index contributed by atoms with van der Waals surface area (Å²) in [6.45, 7) is 0. The van der Waals surface area contributed by atoms with Crippen LogP contribution in [-0.2, 0) is 10.7 Å². The van der Waals surface area contributed by atoms with E-state index in [0.717, 1.165) is 15.9 Å². The quantitative estimate of drug-likeness (QED) is 0.767. The number of anilines is 1. The van der Waals surface area contributed by atoms with Crippen molar-refractivity contribution in [1.29, 1.82) is 0 Å². The van der Waals surface area contributed by atoms with Gasteiger partial charge in [0.15, 0.2) is 0 Å². The zero-order valence-electron chi connectivity index (χ0n) is 7.50. The molecule has 2 heterocycles. The lowest BCUT2D eigenvalue weighted by Crippen LogP contribution is -2.31. The average Bonchev–Trinajstić information content (AvgIpc) is 2.40. The molecule has 0 atom stereocenters. The fraction of sp³-hybridized carbons (Fsp3) is 0.250. The van der Waals surface area contributed by atoms with Gasteiger partial charge in [0.05, 0.1) is 5.56 Å². The molecular formula is C8H5ClF2N2OS. The van der Waals surface area contributed by atoms with Crippen molar-refractivity contribution in [2.75, 3.05) is 11.9 Å². The van der Waals surface area contributed by atoms with Crippen molar-refractivity contribution in [2.45, 2.75) is 10.8 Å². The maximum Gasteiger partial charge on any atom is 0.353 e. The van der Waals surface area contributed by atoms with Crippen molar-refractivity contribution in [1.82, 2.24) is 4.98 Å². The van der Waals surface area contributed by atoms with E-state index in [2.05, 4.69) is 4.98 Å². The average molecular weight is 251 g/mol. The molecule has 1 aliphatic rings. The minimum Gasteiger partial charge on any atom is -0.294 e. The number of carbonyl (C=O) groups excluding carboxylic acids is 1. The van der Waals surface area contributed by atoms with Gasteiger partial charge < -0.3 is 0 Å². The summed E-state index contributed by atoms with van der Waals surface area (Å²) in [4.78, 5) is 16.2. The van der Waals surface area contributed by atoms with E-state index in [9.17, 15) is 13.6 Å². The molecule has 0 saturated heterocycles. The molecule has 3 nitrogen and oxygen atoms in total. The molecule has 0 fully saturated rings. The normalized spacial score (nSPS) is 18.1. The van der Waals surface area contributed by atoms with Crippen LogP contribution in [0.1, 0.15) is 5.56 Å². The Morgan fingerprint density at radius 3 is 2.87 bits per heavy atom. The zero-order chi connectivity index (χ0) is 11.2. The highest BCUT2D eigenvalue weighted by Gasteiger charge is 2.52. The fourth-order valence-corrected chi connectivity index (χ4v) is 1.91. The third-order valence-corrected chi connectivity index (χ3v) is 3.10. The van der Waals surface area contributed by atoms with Crippen LogP contribution in [0.15, 0.2) is 17.2 Å². The molecule has 0 spiro atoms.